The molecule has 3 rings (SSSR count). The van der Waals surface area contributed by atoms with Gasteiger partial charge in [-0.3, -0.25) is 4.57 Å². The van der Waals surface area contributed by atoms with Gasteiger partial charge in [-0.05, 0) is 19.1 Å². The summed E-state index contributed by atoms with van der Waals surface area (Å²) in [6.07, 6.45) is 1.88. The lowest BCUT2D eigenvalue weighted by Gasteiger charge is -2.27. The highest BCUT2D eigenvalue weighted by Gasteiger charge is 2.21. The highest BCUT2D eigenvalue weighted by Crippen LogP contribution is 2.27. The molecule has 5 nitrogen and oxygen atoms in total. The summed E-state index contributed by atoms with van der Waals surface area (Å²) in [4.78, 5) is 2.23. The van der Waals surface area contributed by atoms with E-state index in [1.165, 1.54) is 5.56 Å². The molecule has 1 aromatic carbocycles. The van der Waals surface area contributed by atoms with Gasteiger partial charge in [0.05, 0.1) is 18.9 Å². The fraction of sp³-hybridized carbons (Fsp3) is 0.375. The van der Waals surface area contributed by atoms with E-state index >= 15 is 0 Å². The normalized spacial score (nSPS) is 15.0. The molecule has 0 bridgehead atoms. The van der Waals surface area contributed by atoms with Crippen molar-refractivity contribution in [3.63, 3.8) is 0 Å². The minimum Gasteiger partial charge on any atom is -0.378 e. The molecule has 22 heavy (non-hydrogen) atoms. The Kier molecular flexibility index (Phi) is 4.80. The van der Waals surface area contributed by atoms with Gasteiger partial charge >= 0.3 is 0 Å². The monoisotopic (exact) mass is 316 g/mol. The van der Waals surface area contributed by atoms with Gasteiger partial charge in [0.1, 0.15) is 0 Å². The average molecular weight is 316 g/mol. The maximum atomic E-state index is 5.44. The van der Waals surface area contributed by atoms with E-state index in [0.29, 0.717) is 0 Å². The third-order valence-corrected chi connectivity index (χ3v) is 4.46. The predicted octanol–water partition coefficient (Wildman–Crippen LogP) is 2.69. The van der Waals surface area contributed by atoms with Crippen LogP contribution in [0.1, 0.15) is 5.56 Å². The number of hydrogen-bond donors (Lipinski definition) is 0. The Morgan fingerprint density at radius 1 is 1.23 bits per heavy atom. The second-order valence-corrected chi connectivity index (χ2v) is 6.14. The first-order valence-corrected chi connectivity index (χ1v) is 8.37. The van der Waals surface area contributed by atoms with Gasteiger partial charge in [0.25, 0.3) is 0 Å². The number of rotatable bonds is 5. The Balaban J connectivity index is 2.00. The summed E-state index contributed by atoms with van der Waals surface area (Å²) in [5.41, 5.74) is 2.33. The van der Waals surface area contributed by atoms with Crippen molar-refractivity contribution >= 4 is 17.7 Å². The van der Waals surface area contributed by atoms with Crippen LogP contribution in [0.4, 0.5) is 5.95 Å². The van der Waals surface area contributed by atoms with Gasteiger partial charge in [0.15, 0.2) is 5.16 Å². The molecule has 1 saturated heterocycles. The van der Waals surface area contributed by atoms with Crippen LogP contribution >= 0.6 is 11.8 Å². The number of benzene rings is 1. The van der Waals surface area contributed by atoms with E-state index in [2.05, 4.69) is 57.4 Å². The van der Waals surface area contributed by atoms with Crippen LogP contribution in [0.2, 0.25) is 0 Å². The molecule has 1 aliphatic heterocycles. The number of hydrogen-bond acceptors (Lipinski definition) is 5. The molecular weight excluding hydrogens is 296 g/mol. The largest absolute Gasteiger partial charge is 0.378 e. The standard InChI is InChI=1S/C16H20N4OS/c1-3-12-22-16-18-17-15(19-8-10-21-11-9-19)20(16)14-6-4-13(2)5-7-14/h3-7H,1,8-12H2,2H3. The number of aryl methyl sites for hydroxylation is 1. The first-order valence-electron chi connectivity index (χ1n) is 7.38. The van der Waals surface area contributed by atoms with E-state index in [9.17, 15) is 0 Å². The lowest BCUT2D eigenvalue weighted by atomic mass is 10.2. The van der Waals surface area contributed by atoms with Gasteiger partial charge in [0, 0.05) is 18.8 Å². The summed E-state index contributed by atoms with van der Waals surface area (Å²) in [6.45, 7) is 9.02. The predicted molar refractivity (Wildman–Crippen MR) is 90.0 cm³/mol. The van der Waals surface area contributed by atoms with Crippen molar-refractivity contribution in [1.29, 1.82) is 0 Å². The zero-order valence-corrected chi connectivity index (χ0v) is 13.6. The maximum Gasteiger partial charge on any atom is 0.232 e. The molecule has 116 valence electrons. The van der Waals surface area contributed by atoms with Crippen LogP contribution in [0.25, 0.3) is 5.69 Å². The minimum absolute atomic E-state index is 0.732. The second-order valence-electron chi connectivity index (χ2n) is 5.15. The molecule has 6 heteroatoms. The van der Waals surface area contributed by atoms with Gasteiger partial charge in [-0.25, -0.2) is 0 Å². The summed E-state index contributed by atoms with van der Waals surface area (Å²) in [6, 6.07) is 8.45. The van der Waals surface area contributed by atoms with E-state index in [4.69, 9.17) is 4.74 Å². The summed E-state index contributed by atoms with van der Waals surface area (Å²) >= 11 is 1.64. The van der Waals surface area contributed by atoms with Crippen molar-refractivity contribution < 1.29 is 4.74 Å². The molecule has 0 spiro atoms. The highest BCUT2D eigenvalue weighted by atomic mass is 32.2. The number of morpholine rings is 1. The Hall–Kier alpha value is -1.79. The Morgan fingerprint density at radius 2 is 1.95 bits per heavy atom. The number of aromatic nitrogens is 3. The topological polar surface area (TPSA) is 43.2 Å². The minimum atomic E-state index is 0.732. The first kappa shape index (κ1) is 15.1. The number of ether oxygens (including phenoxy) is 1. The average Bonchev–Trinajstić information content (AvgIpc) is 2.98. The number of anilines is 1. The van der Waals surface area contributed by atoms with Crippen LogP contribution in [0.3, 0.4) is 0 Å². The molecule has 1 aromatic heterocycles. The van der Waals surface area contributed by atoms with Crippen molar-refractivity contribution in [2.75, 3.05) is 37.0 Å². The summed E-state index contributed by atoms with van der Waals surface area (Å²) in [5, 5.41) is 9.69. The first-order chi connectivity index (χ1) is 10.8. The van der Waals surface area contributed by atoms with Gasteiger partial charge < -0.3 is 9.64 Å². The van der Waals surface area contributed by atoms with E-state index in [1.54, 1.807) is 11.8 Å². The number of nitrogens with zero attached hydrogens (tertiary/aromatic N) is 4. The molecule has 0 aliphatic carbocycles. The van der Waals surface area contributed by atoms with Crippen LogP contribution in [0.5, 0.6) is 0 Å². The smallest absolute Gasteiger partial charge is 0.232 e. The van der Waals surface area contributed by atoms with Crippen LogP contribution in [-0.4, -0.2) is 46.8 Å². The van der Waals surface area contributed by atoms with Crippen molar-refractivity contribution in [3.8, 4) is 5.69 Å². The zero-order chi connectivity index (χ0) is 15.4. The maximum absolute atomic E-state index is 5.44. The molecule has 1 aliphatic rings. The van der Waals surface area contributed by atoms with E-state index < -0.39 is 0 Å². The van der Waals surface area contributed by atoms with E-state index in [1.807, 2.05) is 6.08 Å². The number of thioether (sulfide) groups is 1. The molecule has 0 radical (unpaired) electrons. The van der Waals surface area contributed by atoms with Crippen LogP contribution in [-0.2, 0) is 4.74 Å². The summed E-state index contributed by atoms with van der Waals surface area (Å²) in [5.74, 6) is 1.70. The quantitative estimate of drug-likeness (QED) is 0.627. The highest BCUT2D eigenvalue weighted by molar-refractivity contribution is 7.99. The zero-order valence-electron chi connectivity index (χ0n) is 12.7. The molecule has 0 atom stereocenters. The van der Waals surface area contributed by atoms with Crippen molar-refractivity contribution in [2.24, 2.45) is 0 Å². The summed E-state index contributed by atoms with van der Waals surface area (Å²) < 4.78 is 7.56. The Morgan fingerprint density at radius 3 is 2.64 bits per heavy atom. The van der Waals surface area contributed by atoms with Crippen LogP contribution in [0.15, 0.2) is 42.1 Å². The van der Waals surface area contributed by atoms with Crippen LogP contribution in [0, 0.1) is 6.92 Å². The Labute approximate surface area is 135 Å². The van der Waals surface area contributed by atoms with Crippen molar-refractivity contribution in [1.82, 2.24) is 14.8 Å². The van der Waals surface area contributed by atoms with Crippen molar-refractivity contribution in [3.05, 3.63) is 42.5 Å². The van der Waals surface area contributed by atoms with Crippen LogP contribution < -0.4 is 4.90 Å². The van der Waals surface area contributed by atoms with Gasteiger partial charge in [-0.2, -0.15) is 0 Å². The lowest BCUT2D eigenvalue weighted by molar-refractivity contribution is 0.122. The molecule has 0 saturated carbocycles. The Bertz CT molecular complexity index is 632. The molecular formula is C16H20N4OS. The van der Waals surface area contributed by atoms with E-state index in [-0.39, 0.29) is 0 Å². The molecule has 1 fully saturated rings. The molecule has 0 amide bonds. The molecule has 2 heterocycles. The van der Waals surface area contributed by atoms with Gasteiger partial charge in [-0.15, -0.1) is 16.8 Å². The molecule has 0 unspecified atom stereocenters. The third-order valence-electron chi connectivity index (χ3n) is 3.53. The van der Waals surface area contributed by atoms with Gasteiger partial charge in [0.2, 0.25) is 5.95 Å². The third kappa shape index (κ3) is 3.18. The van der Waals surface area contributed by atoms with E-state index in [0.717, 1.165) is 48.8 Å². The fourth-order valence-electron chi connectivity index (χ4n) is 2.38. The van der Waals surface area contributed by atoms with Gasteiger partial charge in [-0.1, -0.05) is 35.5 Å². The lowest BCUT2D eigenvalue weighted by Crippen LogP contribution is -2.37. The summed E-state index contributed by atoms with van der Waals surface area (Å²) in [7, 11) is 0. The SMILES string of the molecule is C=CCSc1nnc(N2CCOCC2)n1-c1ccc(C)cc1. The molecule has 2 aromatic rings. The van der Waals surface area contributed by atoms with Crippen molar-refractivity contribution in [2.45, 2.75) is 12.1 Å². The fourth-order valence-corrected chi connectivity index (χ4v) is 3.06. The molecule has 0 N–H and O–H groups in total. The second kappa shape index (κ2) is 6.98.